The number of aliphatic hydroxyl groups excluding tert-OH is 11. The number of benzene rings is 1. The van der Waals surface area contributed by atoms with E-state index in [0.29, 0.717) is 0 Å². The SMILES string of the molecule is COC(=O)[C@@H](NC(C)=O)[C@@H](C)O[C@H]1O[C@H](CO[C@]2(C(=O)[O-])C[C@H](O)[C@@H](NC(C)=O)[C@H]([C@H](O)[C@H](O)CNC(=O)c3ccc(F)cc3)O2)[C@H](O)[C@H](O[C@@H]2O[C@H](CO)[C@H](O)[C@H](O[C@]3(C(=O)[O-])C[C@H](O)[C@@H](NC(C)=O)[C@H]([C@H](O)[C@H](O)CO)O3)[C@H]2O)[C@H]1NC(C)=O. The van der Waals surface area contributed by atoms with Crippen molar-refractivity contribution in [1.29, 1.82) is 0 Å². The molecule has 86 heavy (non-hydrogen) atoms. The van der Waals surface area contributed by atoms with Crippen LogP contribution in [0.25, 0.3) is 0 Å². The molecule has 16 N–H and O–H groups in total. The van der Waals surface area contributed by atoms with Crippen LogP contribution >= 0.6 is 0 Å². The first-order valence-electron chi connectivity index (χ1n) is 26.5. The maximum Gasteiger partial charge on any atom is 0.331 e. The van der Waals surface area contributed by atoms with Crippen molar-refractivity contribution < 1.29 is 152 Å². The Labute approximate surface area is 487 Å². The molecule has 36 heteroatoms. The highest BCUT2D eigenvalue weighted by molar-refractivity contribution is 5.94. The minimum atomic E-state index is -3.40. The average molecular weight is 1240 g/mol. The molecule has 4 aliphatic heterocycles. The van der Waals surface area contributed by atoms with E-state index >= 15 is 0 Å². The molecule has 0 saturated carbocycles. The van der Waals surface area contributed by atoms with Crippen LogP contribution in [0.4, 0.5) is 4.39 Å². The van der Waals surface area contributed by atoms with Crippen LogP contribution in [0.5, 0.6) is 0 Å². The summed E-state index contributed by atoms with van der Waals surface area (Å²) in [4.78, 5) is 102. The predicted molar refractivity (Wildman–Crippen MR) is 267 cm³/mol. The van der Waals surface area contributed by atoms with E-state index in [4.69, 9.17) is 42.6 Å². The topological polar surface area (TPSA) is 548 Å². The highest BCUT2D eigenvalue weighted by Crippen LogP contribution is 2.39. The summed E-state index contributed by atoms with van der Waals surface area (Å²) in [6.07, 6.45) is -42.1. The zero-order valence-electron chi connectivity index (χ0n) is 46.8. The van der Waals surface area contributed by atoms with Crippen LogP contribution in [0.1, 0.15) is 57.8 Å². The van der Waals surface area contributed by atoms with E-state index in [-0.39, 0.29) is 5.56 Å². The fourth-order valence-corrected chi connectivity index (χ4v) is 10.0. The lowest BCUT2D eigenvalue weighted by molar-refractivity contribution is -0.411. The Morgan fingerprint density at radius 1 is 0.686 bits per heavy atom. The minimum absolute atomic E-state index is 0.0974. The van der Waals surface area contributed by atoms with E-state index in [2.05, 4.69) is 26.6 Å². The number of hydrogen-bond donors (Lipinski definition) is 16. The molecule has 0 aliphatic carbocycles. The highest BCUT2D eigenvalue weighted by Gasteiger charge is 2.59. The van der Waals surface area contributed by atoms with Gasteiger partial charge in [0.15, 0.2) is 18.6 Å². The molecule has 486 valence electrons. The summed E-state index contributed by atoms with van der Waals surface area (Å²) in [5, 5.41) is 160. The Morgan fingerprint density at radius 3 is 1.69 bits per heavy atom. The van der Waals surface area contributed by atoms with Gasteiger partial charge < -0.3 is 145 Å². The van der Waals surface area contributed by atoms with E-state index in [9.17, 15) is 109 Å². The number of aliphatic hydroxyl groups is 11. The van der Waals surface area contributed by atoms with Crippen LogP contribution in [0.3, 0.4) is 0 Å². The van der Waals surface area contributed by atoms with Crippen LogP contribution in [0, 0.1) is 5.82 Å². The van der Waals surface area contributed by atoms with Gasteiger partial charge in [0, 0.05) is 52.6 Å². The molecule has 4 aliphatic rings. The van der Waals surface area contributed by atoms with Gasteiger partial charge in [0.05, 0.1) is 63.4 Å². The maximum atomic E-state index is 13.5. The number of carboxylic acids is 2. The monoisotopic (exact) mass is 1240 g/mol. The van der Waals surface area contributed by atoms with Crippen molar-refractivity contribution in [3.8, 4) is 0 Å². The molecule has 0 unspecified atom stereocenters. The standard InChI is InChI=1S/C50H74FN5O30/c1-17(30(44(73)78-6)53-18(2)59)80-45-33(56-21(5)62)39(83-46-38(71)42(36(69)28(15-58)81-46)86-50(48(76)77)12-25(64)32(55-20(4)61)41(85-50)35(68)27(66)14-57)37(70)29(82-45)16-79-49(47(74)75)11-24(63)31(54-19(3)60)40(84-49)34(67)26(65)13-52-43(72)22-7-9-23(51)10-8-22/h7-10,17,24-42,45-46,57-58,63-71H,11-16H2,1-6H3,(H,52,72)(H,53,59)(H,54,60)(H,55,61)(H,56,62)(H,74,75)(H,76,77)/p-2/t17-,24+,25+,26-,27-,28-,29-,30+,31-,32-,33-,34-,35-,36+,37+,38-,39-,40-,41-,42+,45+,46+,49-,50+/m1/s1. The molecule has 0 bridgehead atoms. The summed E-state index contributed by atoms with van der Waals surface area (Å²) in [5.74, 6) is -17.6. The van der Waals surface area contributed by atoms with Gasteiger partial charge in [0.25, 0.3) is 5.91 Å². The summed E-state index contributed by atoms with van der Waals surface area (Å²) in [6.45, 7) is 0.469. The fourth-order valence-electron chi connectivity index (χ4n) is 10.0. The number of methoxy groups -OCH3 is 1. The van der Waals surface area contributed by atoms with Crippen LogP contribution in [-0.4, -0.2) is 283 Å². The van der Waals surface area contributed by atoms with E-state index in [0.717, 1.165) is 59.1 Å². The van der Waals surface area contributed by atoms with Crippen LogP contribution in [0.15, 0.2) is 24.3 Å². The first kappa shape index (κ1) is 70.9. The lowest BCUT2D eigenvalue weighted by Gasteiger charge is -2.52. The quantitative estimate of drug-likeness (QED) is 0.0383. The van der Waals surface area contributed by atoms with E-state index in [1.807, 2.05) is 0 Å². The van der Waals surface area contributed by atoms with Gasteiger partial charge in [-0.05, 0) is 31.2 Å². The number of halogens is 1. The Morgan fingerprint density at radius 2 is 1.19 bits per heavy atom. The number of carbonyl (C=O) groups is 8. The number of nitrogens with one attached hydrogen (secondary N) is 5. The second-order valence-electron chi connectivity index (χ2n) is 20.8. The van der Waals surface area contributed by atoms with Gasteiger partial charge >= 0.3 is 5.97 Å². The molecule has 5 rings (SSSR count). The molecule has 0 radical (unpaired) electrons. The second-order valence-corrected chi connectivity index (χ2v) is 20.8. The van der Waals surface area contributed by atoms with Gasteiger partial charge in [-0.3, -0.25) is 24.0 Å². The zero-order valence-corrected chi connectivity index (χ0v) is 46.8. The smallest absolute Gasteiger partial charge is 0.331 e. The summed E-state index contributed by atoms with van der Waals surface area (Å²) in [7, 11) is 0.940. The molecular weight excluding hydrogens is 1170 g/mol. The van der Waals surface area contributed by atoms with Crippen LogP contribution < -0.4 is 36.8 Å². The van der Waals surface area contributed by atoms with Gasteiger partial charge in [-0.1, -0.05) is 0 Å². The molecule has 1 aromatic carbocycles. The third-order valence-corrected chi connectivity index (χ3v) is 14.3. The third kappa shape index (κ3) is 16.9. The van der Waals surface area contributed by atoms with Crippen molar-refractivity contribution in [1.82, 2.24) is 26.6 Å². The van der Waals surface area contributed by atoms with Crippen LogP contribution in [-0.2, 0) is 76.2 Å². The molecule has 5 amide bonds. The summed E-state index contributed by atoms with van der Waals surface area (Å²) >= 11 is 0. The molecule has 35 nitrogen and oxygen atoms in total. The third-order valence-electron chi connectivity index (χ3n) is 14.3. The number of carboxylic acid groups (broad SMARTS) is 2. The number of rotatable bonds is 26. The summed E-state index contributed by atoms with van der Waals surface area (Å²) in [5.41, 5.74) is -0.0974. The van der Waals surface area contributed by atoms with E-state index < -0.39 is 238 Å². The number of hydrogen-bond acceptors (Lipinski definition) is 30. The molecule has 4 heterocycles. The van der Waals surface area contributed by atoms with Crippen molar-refractivity contribution in [3.63, 3.8) is 0 Å². The Kier molecular flexibility index (Phi) is 25.0. The number of esters is 1. The van der Waals surface area contributed by atoms with Gasteiger partial charge in [-0.15, -0.1) is 0 Å². The zero-order chi connectivity index (χ0) is 64.4. The lowest BCUT2D eigenvalue weighted by atomic mass is 9.88. The van der Waals surface area contributed by atoms with Gasteiger partial charge in [-0.2, -0.15) is 0 Å². The molecule has 0 spiro atoms. The maximum absolute atomic E-state index is 13.5. The predicted octanol–water partition coefficient (Wildman–Crippen LogP) is -11.9. The van der Waals surface area contributed by atoms with E-state index in [1.54, 1.807) is 0 Å². The van der Waals surface area contributed by atoms with E-state index in [1.165, 1.54) is 6.92 Å². The first-order valence-corrected chi connectivity index (χ1v) is 26.5. The molecular formula is C50H72FN5O30-2. The fraction of sp³-hybridized carbons (Fsp3) is 0.720. The number of amides is 5. The first-order chi connectivity index (χ1) is 40.2. The average Bonchev–Trinajstić information content (AvgIpc) is 0.977. The second kappa shape index (κ2) is 30.4. The van der Waals surface area contributed by atoms with Crippen molar-refractivity contribution in [2.75, 3.05) is 33.5 Å². The normalized spacial score (nSPS) is 35.0. The molecule has 0 aromatic heterocycles. The lowest BCUT2D eigenvalue weighted by Crippen LogP contribution is -2.72. The summed E-state index contributed by atoms with van der Waals surface area (Å²) in [6, 6.07) is -3.07. The summed E-state index contributed by atoms with van der Waals surface area (Å²) < 4.78 is 65.0. The van der Waals surface area contributed by atoms with Crippen molar-refractivity contribution in [2.24, 2.45) is 0 Å². The number of ether oxygens (including phenoxy) is 9. The van der Waals surface area contributed by atoms with Crippen molar-refractivity contribution >= 4 is 47.4 Å². The largest absolute Gasteiger partial charge is 0.544 e. The van der Waals surface area contributed by atoms with Crippen molar-refractivity contribution in [3.05, 3.63) is 35.6 Å². The van der Waals surface area contributed by atoms with Gasteiger partial charge in [0.2, 0.25) is 35.2 Å². The Balaban J connectivity index is 1.55. The molecule has 1 aromatic rings. The number of carbonyl (C=O) groups excluding carboxylic acids is 8. The molecule has 4 fully saturated rings. The van der Waals surface area contributed by atoms with Gasteiger partial charge in [0.1, 0.15) is 97.0 Å². The molecule has 4 saturated heterocycles. The Bertz CT molecular complexity index is 2530. The molecule has 24 atom stereocenters. The van der Waals surface area contributed by atoms with Crippen molar-refractivity contribution in [2.45, 2.75) is 193 Å². The number of aliphatic carboxylic acids is 2. The Hall–Kier alpha value is -5.85. The minimum Gasteiger partial charge on any atom is -0.544 e. The van der Waals surface area contributed by atoms with Gasteiger partial charge in [-0.25, -0.2) is 9.18 Å². The highest BCUT2D eigenvalue weighted by atomic mass is 19.1. The van der Waals surface area contributed by atoms with Crippen LogP contribution in [0.2, 0.25) is 0 Å².